The van der Waals surface area contributed by atoms with Crippen LogP contribution in [0.25, 0.3) is 6.08 Å². The second kappa shape index (κ2) is 13.4. The van der Waals surface area contributed by atoms with E-state index in [0.717, 1.165) is 36.4 Å². The van der Waals surface area contributed by atoms with Crippen LogP contribution in [0.1, 0.15) is 26.3 Å². The van der Waals surface area contributed by atoms with Crippen LogP contribution in [-0.2, 0) is 23.7 Å². The lowest BCUT2D eigenvalue weighted by atomic mass is 9.98. The number of phenols is 8. The van der Waals surface area contributed by atoms with Gasteiger partial charge in [-0.15, -0.1) is 0 Å². The predicted octanol–water partition coefficient (Wildman–Crippen LogP) is 0.417. The standard InChI is InChI=1S/C29H26O17/c30-10-20-25(45-27(41)12-6-16(33)22(38)17(34)7-12)26(44-21(37)4-2-11-1-3-14(31)15(32)5-11)24(40)29(43-20)46-28(42)13-8-18(35)23(39)19(36)9-13/h1-9,20,24-26,29-36,38-40H,10H2/b4-2-/t20-,24-,25-,26-,29+/m1/s1. The SMILES string of the molecule is O=C(/C=C\c1ccc(O)c(O)c1)O[C@@H]1[C@@H](O)[C@H](OC(=O)c2cc(O)c(O)c(O)c2)O[C@H](CO)[C@H]1OC(=O)c1cc(O)c(O)c(O)c1. The van der Waals surface area contributed by atoms with Crippen molar-refractivity contribution in [2.45, 2.75) is 30.7 Å². The molecule has 0 spiro atoms. The van der Waals surface area contributed by atoms with Gasteiger partial charge in [0.05, 0.1) is 17.7 Å². The first-order valence-electron chi connectivity index (χ1n) is 13.0. The van der Waals surface area contributed by atoms with Crippen molar-refractivity contribution < 1.29 is 84.4 Å². The predicted molar refractivity (Wildman–Crippen MR) is 148 cm³/mol. The van der Waals surface area contributed by atoms with Gasteiger partial charge in [0.15, 0.2) is 64.3 Å². The van der Waals surface area contributed by atoms with Crippen LogP contribution in [-0.4, -0.2) is 106 Å². The van der Waals surface area contributed by atoms with E-state index in [2.05, 4.69) is 0 Å². The first-order chi connectivity index (χ1) is 21.7. The number of carbonyl (C=O) groups excluding carboxylic acids is 3. The second-order valence-corrected chi connectivity index (χ2v) is 9.70. The molecule has 4 rings (SSSR count). The maximum absolute atomic E-state index is 12.9. The Labute approximate surface area is 257 Å². The second-order valence-electron chi connectivity index (χ2n) is 9.70. The number of aliphatic hydroxyl groups is 2. The number of aliphatic hydroxyl groups excluding tert-OH is 2. The molecule has 10 N–H and O–H groups in total. The molecule has 0 saturated carbocycles. The molecule has 0 aromatic heterocycles. The van der Waals surface area contributed by atoms with Gasteiger partial charge >= 0.3 is 17.9 Å². The van der Waals surface area contributed by atoms with Crippen molar-refractivity contribution in [2.75, 3.05) is 6.61 Å². The molecule has 46 heavy (non-hydrogen) atoms. The van der Waals surface area contributed by atoms with Crippen LogP contribution in [0.15, 0.2) is 48.5 Å². The van der Waals surface area contributed by atoms with Gasteiger partial charge in [0.1, 0.15) is 6.10 Å². The zero-order chi connectivity index (χ0) is 33.9. The summed E-state index contributed by atoms with van der Waals surface area (Å²) >= 11 is 0. The van der Waals surface area contributed by atoms with E-state index in [1.807, 2.05) is 0 Å². The van der Waals surface area contributed by atoms with Gasteiger partial charge in [0.2, 0.25) is 6.29 Å². The van der Waals surface area contributed by atoms with Crippen molar-refractivity contribution in [3.63, 3.8) is 0 Å². The Kier molecular flexibility index (Phi) is 9.60. The molecule has 1 aliphatic heterocycles. The third-order valence-corrected chi connectivity index (χ3v) is 6.54. The van der Waals surface area contributed by atoms with Crippen LogP contribution in [0.3, 0.4) is 0 Å². The van der Waals surface area contributed by atoms with Crippen molar-refractivity contribution in [1.29, 1.82) is 0 Å². The van der Waals surface area contributed by atoms with E-state index in [4.69, 9.17) is 18.9 Å². The van der Waals surface area contributed by atoms with Crippen LogP contribution in [0.4, 0.5) is 0 Å². The number of hydrogen-bond donors (Lipinski definition) is 10. The third kappa shape index (κ3) is 7.07. The maximum atomic E-state index is 12.9. The van der Waals surface area contributed by atoms with Gasteiger partial charge < -0.3 is 70.0 Å². The molecule has 0 unspecified atom stereocenters. The molecule has 1 aliphatic rings. The number of ether oxygens (including phenoxy) is 4. The Morgan fingerprint density at radius 2 is 1.20 bits per heavy atom. The average molecular weight is 647 g/mol. The maximum Gasteiger partial charge on any atom is 0.340 e. The van der Waals surface area contributed by atoms with E-state index >= 15 is 0 Å². The minimum atomic E-state index is -2.15. The summed E-state index contributed by atoms with van der Waals surface area (Å²) < 4.78 is 21.1. The molecule has 3 aromatic rings. The lowest BCUT2D eigenvalue weighted by Crippen LogP contribution is -2.62. The molecule has 5 atom stereocenters. The molecule has 17 heteroatoms. The lowest BCUT2D eigenvalue weighted by molar-refractivity contribution is -0.287. The van der Waals surface area contributed by atoms with E-state index < -0.39 is 112 Å². The Hall–Kier alpha value is -5.91. The van der Waals surface area contributed by atoms with Gasteiger partial charge in [0.25, 0.3) is 0 Å². The molecule has 1 heterocycles. The third-order valence-electron chi connectivity index (χ3n) is 6.54. The Bertz CT molecular complexity index is 1640. The fourth-order valence-electron chi connectivity index (χ4n) is 4.21. The van der Waals surface area contributed by atoms with Crippen molar-refractivity contribution in [3.05, 3.63) is 65.2 Å². The quantitative estimate of drug-likeness (QED) is 0.0686. The summed E-state index contributed by atoms with van der Waals surface area (Å²) in [6, 6.07) is 6.43. The first kappa shape index (κ1) is 33.0. The number of aromatic hydroxyl groups is 8. The highest BCUT2D eigenvalue weighted by molar-refractivity contribution is 5.92. The van der Waals surface area contributed by atoms with Crippen molar-refractivity contribution in [2.24, 2.45) is 0 Å². The Morgan fingerprint density at radius 3 is 1.70 bits per heavy atom. The molecule has 1 saturated heterocycles. The molecular weight excluding hydrogens is 620 g/mol. The molecule has 0 amide bonds. The summed E-state index contributed by atoms with van der Waals surface area (Å²) in [6.07, 6.45) is -7.73. The van der Waals surface area contributed by atoms with Crippen LogP contribution in [0.2, 0.25) is 0 Å². The summed E-state index contributed by atoms with van der Waals surface area (Å²) in [5.41, 5.74) is -0.843. The fourth-order valence-corrected chi connectivity index (χ4v) is 4.21. The number of carbonyl (C=O) groups is 3. The molecular formula is C29H26O17. The van der Waals surface area contributed by atoms with Gasteiger partial charge in [-0.3, -0.25) is 0 Å². The molecule has 0 radical (unpaired) electrons. The molecule has 0 bridgehead atoms. The number of rotatable bonds is 8. The van der Waals surface area contributed by atoms with Crippen LogP contribution in [0.5, 0.6) is 46.0 Å². The highest BCUT2D eigenvalue weighted by Crippen LogP contribution is 2.38. The van der Waals surface area contributed by atoms with E-state index in [-0.39, 0.29) is 5.56 Å². The zero-order valence-corrected chi connectivity index (χ0v) is 23.1. The number of esters is 3. The minimum absolute atomic E-state index is 0.218. The fraction of sp³-hybridized carbons (Fsp3) is 0.207. The molecule has 0 aliphatic carbocycles. The minimum Gasteiger partial charge on any atom is -0.504 e. The molecule has 244 valence electrons. The molecule has 1 fully saturated rings. The van der Waals surface area contributed by atoms with E-state index in [1.165, 1.54) is 6.07 Å². The smallest absolute Gasteiger partial charge is 0.340 e. The average Bonchev–Trinajstić information content (AvgIpc) is 3.01. The van der Waals surface area contributed by atoms with Crippen molar-refractivity contribution in [3.8, 4) is 46.0 Å². The van der Waals surface area contributed by atoms with E-state index in [0.29, 0.717) is 12.1 Å². The zero-order valence-electron chi connectivity index (χ0n) is 23.1. The topological polar surface area (TPSA) is 290 Å². The summed E-state index contributed by atoms with van der Waals surface area (Å²) in [7, 11) is 0. The van der Waals surface area contributed by atoms with Crippen LogP contribution < -0.4 is 0 Å². The van der Waals surface area contributed by atoms with Gasteiger partial charge in [-0.2, -0.15) is 0 Å². The van der Waals surface area contributed by atoms with Gasteiger partial charge in [-0.1, -0.05) is 6.07 Å². The normalized spacial score (nSPS) is 21.0. The summed E-state index contributed by atoms with van der Waals surface area (Å²) in [4.78, 5) is 38.5. The van der Waals surface area contributed by atoms with Gasteiger partial charge in [0, 0.05) is 6.08 Å². The highest BCUT2D eigenvalue weighted by Gasteiger charge is 2.51. The summed E-state index contributed by atoms with van der Waals surface area (Å²) in [6.45, 7) is -0.998. The van der Waals surface area contributed by atoms with Gasteiger partial charge in [-0.05, 0) is 48.0 Å². The highest BCUT2D eigenvalue weighted by atomic mass is 16.7. The van der Waals surface area contributed by atoms with Crippen LogP contribution >= 0.6 is 0 Å². The first-order valence-corrected chi connectivity index (χ1v) is 13.0. The summed E-state index contributed by atoms with van der Waals surface area (Å²) in [5.74, 6) is -10.3. The van der Waals surface area contributed by atoms with Gasteiger partial charge in [-0.25, -0.2) is 14.4 Å². The van der Waals surface area contributed by atoms with E-state index in [1.54, 1.807) is 0 Å². The van der Waals surface area contributed by atoms with E-state index in [9.17, 15) is 65.4 Å². The van der Waals surface area contributed by atoms with Crippen LogP contribution in [0, 0.1) is 0 Å². The summed E-state index contributed by atoms with van der Waals surface area (Å²) in [5, 5.41) is 98.3. The number of benzene rings is 3. The van der Waals surface area contributed by atoms with Crippen molar-refractivity contribution in [1.82, 2.24) is 0 Å². The molecule has 17 nitrogen and oxygen atoms in total. The molecule has 3 aromatic carbocycles. The lowest BCUT2D eigenvalue weighted by Gasteiger charge is -2.42. The number of phenolic OH excluding ortho intramolecular Hbond substituents is 8. The number of hydrogen-bond acceptors (Lipinski definition) is 17. The van der Waals surface area contributed by atoms with Crippen molar-refractivity contribution >= 4 is 24.0 Å². The Balaban J connectivity index is 1.63. The monoisotopic (exact) mass is 646 g/mol. The Morgan fingerprint density at radius 1 is 0.674 bits per heavy atom. The largest absolute Gasteiger partial charge is 0.504 e.